The Morgan fingerprint density at radius 3 is 2.64 bits per heavy atom. The smallest absolute Gasteiger partial charge is 0.279 e. The Bertz CT molecular complexity index is 742. The molecule has 1 aliphatic carbocycles. The number of rotatable bonds is 6. The summed E-state index contributed by atoms with van der Waals surface area (Å²) in [5.41, 5.74) is 6.16. The number of hydrazine groups is 1. The number of carbonyl (C=O) groups is 3. The average Bonchev–Trinajstić information content (AvgIpc) is 3.28. The second-order valence-electron chi connectivity index (χ2n) is 6.02. The average molecular weight is 377 g/mol. The minimum atomic E-state index is -0.284. The first kappa shape index (κ1) is 17.8. The number of hydrogen-bond donors (Lipinski definition) is 2. The van der Waals surface area contributed by atoms with E-state index in [1.165, 1.54) is 46.0 Å². The van der Waals surface area contributed by atoms with E-state index in [0.29, 0.717) is 17.7 Å². The molecule has 2 aromatic heterocycles. The summed E-state index contributed by atoms with van der Waals surface area (Å²) in [6.07, 6.45) is 5.42. The van der Waals surface area contributed by atoms with E-state index in [2.05, 4.69) is 10.9 Å². The first-order chi connectivity index (χ1) is 12.1. The normalized spacial score (nSPS) is 13.1. The summed E-state index contributed by atoms with van der Waals surface area (Å²) in [6.45, 7) is 0. The number of amides is 2. The predicted molar refractivity (Wildman–Crippen MR) is 99.1 cm³/mol. The molecule has 2 heterocycles. The van der Waals surface area contributed by atoms with Crippen molar-refractivity contribution in [3.8, 4) is 0 Å². The Kier molecular flexibility index (Phi) is 5.99. The number of ketones is 1. The van der Waals surface area contributed by atoms with E-state index in [0.717, 1.165) is 17.7 Å². The van der Waals surface area contributed by atoms with Crippen LogP contribution in [0.2, 0.25) is 0 Å². The monoisotopic (exact) mass is 376 g/mol. The fourth-order valence-corrected chi connectivity index (χ4v) is 4.67. The van der Waals surface area contributed by atoms with Gasteiger partial charge in [-0.15, -0.1) is 22.7 Å². The molecule has 0 unspecified atom stereocenters. The van der Waals surface area contributed by atoms with Crippen molar-refractivity contribution in [2.75, 3.05) is 0 Å². The second-order valence-corrected chi connectivity index (χ2v) is 8.11. The van der Waals surface area contributed by atoms with E-state index < -0.39 is 0 Å². The van der Waals surface area contributed by atoms with Crippen molar-refractivity contribution in [3.63, 3.8) is 0 Å². The van der Waals surface area contributed by atoms with Crippen LogP contribution < -0.4 is 10.9 Å². The lowest BCUT2D eigenvalue weighted by molar-refractivity contribution is -0.121. The van der Waals surface area contributed by atoms with Crippen LogP contribution in [0.15, 0.2) is 23.6 Å². The van der Waals surface area contributed by atoms with Crippen LogP contribution in [0.1, 0.15) is 61.9 Å². The Morgan fingerprint density at radius 1 is 1.04 bits per heavy atom. The highest BCUT2D eigenvalue weighted by molar-refractivity contribution is 7.14. The minimum absolute atomic E-state index is 0.0519. The van der Waals surface area contributed by atoms with E-state index in [1.807, 2.05) is 17.5 Å². The van der Waals surface area contributed by atoms with E-state index in [4.69, 9.17) is 0 Å². The predicted octanol–water partition coefficient (Wildman–Crippen LogP) is 3.50. The molecule has 0 fully saturated rings. The highest BCUT2D eigenvalue weighted by atomic mass is 32.1. The van der Waals surface area contributed by atoms with Crippen molar-refractivity contribution >= 4 is 40.3 Å². The van der Waals surface area contributed by atoms with Gasteiger partial charge in [-0.25, -0.2) is 0 Å². The number of thiophene rings is 2. The quantitative estimate of drug-likeness (QED) is 0.598. The number of hydrogen-bond acceptors (Lipinski definition) is 5. The van der Waals surface area contributed by atoms with Gasteiger partial charge >= 0.3 is 0 Å². The minimum Gasteiger partial charge on any atom is -0.293 e. The summed E-state index contributed by atoms with van der Waals surface area (Å²) >= 11 is 2.92. The lowest BCUT2D eigenvalue weighted by Crippen LogP contribution is -2.41. The molecule has 7 heteroatoms. The SMILES string of the molecule is O=C(CCCC(=O)c1cccs1)NNC(=O)c1cc2c(s1)CCCC2. The highest BCUT2D eigenvalue weighted by Gasteiger charge is 2.17. The van der Waals surface area contributed by atoms with Crippen LogP contribution in [0, 0.1) is 0 Å². The Hall–Kier alpha value is -1.99. The number of Topliss-reactive ketones (excluding diaryl/α,β-unsaturated/α-hetero) is 1. The summed E-state index contributed by atoms with van der Waals surface area (Å²) in [4.78, 5) is 38.4. The molecule has 0 spiro atoms. The first-order valence-corrected chi connectivity index (χ1v) is 10.1. The molecule has 132 valence electrons. The third-order valence-corrected chi connectivity index (χ3v) is 6.29. The zero-order chi connectivity index (χ0) is 17.6. The van der Waals surface area contributed by atoms with Crippen molar-refractivity contribution in [2.24, 2.45) is 0 Å². The van der Waals surface area contributed by atoms with Crippen LogP contribution >= 0.6 is 22.7 Å². The molecule has 0 saturated heterocycles. The summed E-state index contributed by atoms with van der Waals surface area (Å²) in [7, 11) is 0. The van der Waals surface area contributed by atoms with E-state index in [1.54, 1.807) is 6.07 Å². The van der Waals surface area contributed by atoms with E-state index in [-0.39, 0.29) is 24.0 Å². The number of nitrogens with one attached hydrogen (secondary N) is 2. The highest BCUT2D eigenvalue weighted by Crippen LogP contribution is 2.29. The molecule has 0 saturated carbocycles. The van der Waals surface area contributed by atoms with Gasteiger partial charge in [-0.3, -0.25) is 25.2 Å². The van der Waals surface area contributed by atoms with Gasteiger partial charge < -0.3 is 0 Å². The lowest BCUT2D eigenvalue weighted by atomic mass is 9.99. The molecule has 0 aromatic carbocycles. The Balaban J connectivity index is 1.39. The van der Waals surface area contributed by atoms with Gasteiger partial charge in [0, 0.05) is 17.7 Å². The zero-order valence-corrected chi connectivity index (χ0v) is 15.4. The Labute approximate surface area is 154 Å². The molecule has 0 bridgehead atoms. The standard InChI is InChI=1S/C18H20N2O3S2/c21-13(15-8-4-10-24-15)6-3-9-17(22)19-20-18(23)16-11-12-5-1-2-7-14(12)25-16/h4,8,10-11H,1-3,5-7,9H2,(H,19,22)(H,20,23). The summed E-state index contributed by atoms with van der Waals surface area (Å²) in [5, 5.41) is 1.86. The summed E-state index contributed by atoms with van der Waals surface area (Å²) in [6, 6.07) is 5.55. The van der Waals surface area contributed by atoms with Crippen molar-refractivity contribution in [2.45, 2.75) is 44.9 Å². The van der Waals surface area contributed by atoms with Gasteiger partial charge in [0.25, 0.3) is 5.91 Å². The number of fused-ring (bicyclic) bond motifs is 1. The van der Waals surface area contributed by atoms with Crippen molar-refractivity contribution in [1.82, 2.24) is 10.9 Å². The first-order valence-electron chi connectivity index (χ1n) is 8.41. The zero-order valence-electron chi connectivity index (χ0n) is 13.8. The van der Waals surface area contributed by atoms with Crippen LogP contribution in [-0.2, 0) is 17.6 Å². The van der Waals surface area contributed by atoms with Gasteiger partial charge in [-0.2, -0.15) is 0 Å². The molecule has 2 aromatic rings. The summed E-state index contributed by atoms with van der Waals surface area (Å²) in [5.74, 6) is -0.507. The van der Waals surface area contributed by atoms with Crippen LogP contribution in [0.25, 0.3) is 0 Å². The number of aryl methyl sites for hydroxylation is 2. The third kappa shape index (κ3) is 4.76. The third-order valence-electron chi connectivity index (χ3n) is 4.14. The molecule has 5 nitrogen and oxygen atoms in total. The van der Waals surface area contributed by atoms with E-state index in [9.17, 15) is 14.4 Å². The maximum atomic E-state index is 12.1. The van der Waals surface area contributed by atoms with Crippen LogP contribution in [0.4, 0.5) is 0 Å². The van der Waals surface area contributed by atoms with Crippen LogP contribution in [0.3, 0.4) is 0 Å². The molecule has 25 heavy (non-hydrogen) atoms. The fourth-order valence-electron chi connectivity index (χ4n) is 2.82. The largest absolute Gasteiger partial charge is 0.293 e. The molecule has 2 amide bonds. The van der Waals surface area contributed by atoms with Gasteiger partial charge in [0.1, 0.15) is 0 Å². The molecular weight excluding hydrogens is 356 g/mol. The molecular formula is C18H20N2O3S2. The molecule has 0 atom stereocenters. The van der Waals surface area contributed by atoms with Crippen LogP contribution in [0.5, 0.6) is 0 Å². The van der Waals surface area contributed by atoms with Crippen molar-refractivity contribution in [1.29, 1.82) is 0 Å². The van der Waals surface area contributed by atoms with Gasteiger partial charge in [0.05, 0.1) is 9.75 Å². The van der Waals surface area contributed by atoms with Gasteiger partial charge in [-0.1, -0.05) is 6.07 Å². The second kappa shape index (κ2) is 8.40. The van der Waals surface area contributed by atoms with Gasteiger partial charge in [0.2, 0.25) is 5.91 Å². The number of carbonyl (C=O) groups excluding carboxylic acids is 3. The lowest BCUT2D eigenvalue weighted by Gasteiger charge is -2.08. The van der Waals surface area contributed by atoms with E-state index >= 15 is 0 Å². The maximum Gasteiger partial charge on any atom is 0.279 e. The van der Waals surface area contributed by atoms with Crippen molar-refractivity contribution < 1.29 is 14.4 Å². The molecule has 3 rings (SSSR count). The molecule has 1 aliphatic rings. The summed E-state index contributed by atoms with van der Waals surface area (Å²) < 4.78 is 0. The maximum absolute atomic E-state index is 12.1. The van der Waals surface area contributed by atoms with Gasteiger partial charge in [-0.05, 0) is 55.2 Å². The molecule has 0 aliphatic heterocycles. The van der Waals surface area contributed by atoms with Crippen LogP contribution in [-0.4, -0.2) is 17.6 Å². The Morgan fingerprint density at radius 2 is 1.88 bits per heavy atom. The van der Waals surface area contributed by atoms with Gasteiger partial charge in [0.15, 0.2) is 5.78 Å². The molecule has 0 radical (unpaired) electrons. The fraction of sp³-hybridized carbons (Fsp3) is 0.389. The molecule has 2 N–H and O–H groups in total. The topological polar surface area (TPSA) is 75.3 Å². The van der Waals surface area contributed by atoms with Crippen molar-refractivity contribution in [3.05, 3.63) is 43.8 Å².